The van der Waals surface area contributed by atoms with Crippen molar-refractivity contribution in [1.29, 1.82) is 0 Å². The molecule has 2 heteroatoms. The van der Waals surface area contributed by atoms with Crippen molar-refractivity contribution >= 4 is 11.6 Å². The van der Waals surface area contributed by atoms with Gasteiger partial charge in [-0.1, -0.05) is 13.3 Å². The number of ether oxygens (including phenoxy) is 1. The van der Waals surface area contributed by atoms with E-state index in [9.17, 15) is 0 Å². The molecule has 11 heavy (non-hydrogen) atoms. The molecule has 0 aliphatic heterocycles. The Morgan fingerprint density at radius 3 is 2.55 bits per heavy atom. The third-order valence-corrected chi connectivity index (χ3v) is 2.05. The quantitative estimate of drug-likeness (QED) is 0.430. The van der Waals surface area contributed by atoms with Gasteiger partial charge in [-0.05, 0) is 26.2 Å². The summed E-state index contributed by atoms with van der Waals surface area (Å²) in [5.74, 6) is 0. The molecule has 0 aliphatic rings. The van der Waals surface area contributed by atoms with Gasteiger partial charge >= 0.3 is 0 Å². The molecule has 0 aromatic heterocycles. The molecule has 68 valence electrons. The molecular weight excluding hydrogens is 160 g/mol. The Morgan fingerprint density at radius 1 is 1.27 bits per heavy atom. The minimum Gasteiger partial charge on any atom is -0.382 e. The molecule has 1 unspecified atom stereocenters. The maximum absolute atomic E-state index is 6.00. The average molecular weight is 179 g/mol. The summed E-state index contributed by atoms with van der Waals surface area (Å²) in [6.45, 7) is 5.87. The van der Waals surface area contributed by atoms with Crippen LogP contribution in [-0.4, -0.2) is 18.6 Å². The van der Waals surface area contributed by atoms with Crippen LogP contribution in [0.3, 0.4) is 0 Å². The molecule has 0 N–H and O–H groups in total. The van der Waals surface area contributed by atoms with Crippen LogP contribution in [0.25, 0.3) is 0 Å². The molecular formula is C9H19ClO. The summed E-state index contributed by atoms with van der Waals surface area (Å²) in [5.41, 5.74) is 0. The lowest BCUT2D eigenvalue weighted by atomic mass is 10.1. The third kappa shape index (κ3) is 8.15. The van der Waals surface area contributed by atoms with Gasteiger partial charge in [0, 0.05) is 18.6 Å². The van der Waals surface area contributed by atoms with Crippen LogP contribution in [-0.2, 0) is 4.74 Å². The van der Waals surface area contributed by atoms with Gasteiger partial charge in [-0.15, -0.1) is 11.6 Å². The fourth-order valence-electron chi connectivity index (χ4n) is 1.01. The largest absolute Gasteiger partial charge is 0.382 e. The van der Waals surface area contributed by atoms with E-state index in [2.05, 4.69) is 6.92 Å². The molecule has 0 heterocycles. The summed E-state index contributed by atoms with van der Waals surface area (Å²) in [7, 11) is 0. The third-order valence-electron chi connectivity index (χ3n) is 1.61. The zero-order chi connectivity index (χ0) is 8.53. The smallest absolute Gasteiger partial charge is 0.0466 e. The lowest BCUT2D eigenvalue weighted by molar-refractivity contribution is 0.143. The fraction of sp³-hybridized carbons (Fsp3) is 1.00. The topological polar surface area (TPSA) is 9.23 Å². The van der Waals surface area contributed by atoms with Crippen LogP contribution in [0.5, 0.6) is 0 Å². The van der Waals surface area contributed by atoms with Gasteiger partial charge in [-0.25, -0.2) is 0 Å². The lowest BCUT2D eigenvalue weighted by Gasteiger charge is -2.06. The summed E-state index contributed by atoms with van der Waals surface area (Å²) in [5, 5.41) is 0.362. The van der Waals surface area contributed by atoms with E-state index >= 15 is 0 Å². The number of hydrogen-bond acceptors (Lipinski definition) is 1. The van der Waals surface area contributed by atoms with E-state index in [1.807, 2.05) is 6.92 Å². The van der Waals surface area contributed by atoms with Gasteiger partial charge in [-0.2, -0.15) is 0 Å². The van der Waals surface area contributed by atoms with Crippen molar-refractivity contribution in [3.63, 3.8) is 0 Å². The first-order chi connectivity index (χ1) is 5.31. The van der Waals surface area contributed by atoms with E-state index in [-0.39, 0.29) is 0 Å². The van der Waals surface area contributed by atoms with E-state index in [1.54, 1.807) is 0 Å². The highest BCUT2D eigenvalue weighted by molar-refractivity contribution is 6.20. The number of halogens is 1. The second-order valence-electron chi connectivity index (χ2n) is 2.73. The molecule has 0 bridgehead atoms. The van der Waals surface area contributed by atoms with Gasteiger partial charge in [0.2, 0.25) is 0 Å². The summed E-state index contributed by atoms with van der Waals surface area (Å²) >= 11 is 6.00. The summed E-state index contributed by atoms with van der Waals surface area (Å²) in [4.78, 5) is 0. The monoisotopic (exact) mass is 178 g/mol. The minimum atomic E-state index is 0.362. The second-order valence-corrected chi connectivity index (χ2v) is 3.34. The van der Waals surface area contributed by atoms with Crippen molar-refractivity contribution in [2.45, 2.75) is 44.9 Å². The van der Waals surface area contributed by atoms with Crippen LogP contribution in [0.1, 0.15) is 39.5 Å². The van der Waals surface area contributed by atoms with Crippen molar-refractivity contribution in [2.75, 3.05) is 13.2 Å². The van der Waals surface area contributed by atoms with Crippen LogP contribution in [0.4, 0.5) is 0 Å². The highest BCUT2D eigenvalue weighted by atomic mass is 35.5. The Kier molecular flexibility index (Phi) is 8.54. The Bertz CT molecular complexity index is 76.0. The first kappa shape index (κ1) is 11.2. The predicted molar refractivity (Wildman–Crippen MR) is 50.3 cm³/mol. The van der Waals surface area contributed by atoms with Crippen LogP contribution in [0.2, 0.25) is 0 Å². The maximum atomic E-state index is 6.00. The second kappa shape index (κ2) is 8.35. The van der Waals surface area contributed by atoms with Gasteiger partial charge in [0.05, 0.1) is 0 Å². The highest BCUT2D eigenvalue weighted by Crippen LogP contribution is 2.11. The molecule has 0 spiro atoms. The molecule has 0 amide bonds. The van der Waals surface area contributed by atoms with E-state index in [0.29, 0.717) is 5.38 Å². The van der Waals surface area contributed by atoms with Crippen molar-refractivity contribution in [3.05, 3.63) is 0 Å². The van der Waals surface area contributed by atoms with Crippen molar-refractivity contribution < 1.29 is 4.74 Å². The zero-order valence-corrected chi connectivity index (χ0v) is 8.36. The Labute approximate surface area is 75.1 Å². The van der Waals surface area contributed by atoms with Crippen molar-refractivity contribution in [3.8, 4) is 0 Å². The molecule has 0 saturated carbocycles. The van der Waals surface area contributed by atoms with Crippen molar-refractivity contribution in [2.24, 2.45) is 0 Å². The van der Waals surface area contributed by atoms with Crippen LogP contribution in [0.15, 0.2) is 0 Å². The molecule has 1 nitrogen and oxygen atoms in total. The first-order valence-corrected chi connectivity index (χ1v) is 4.96. The first-order valence-electron chi connectivity index (χ1n) is 4.53. The molecule has 0 aliphatic carbocycles. The van der Waals surface area contributed by atoms with Gasteiger partial charge in [0.15, 0.2) is 0 Å². The molecule has 0 radical (unpaired) electrons. The van der Waals surface area contributed by atoms with Crippen LogP contribution < -0.4 is 0 Å². The molecule has 0 fully saturated rings. The zero-order valence-electron chi connectivity index (χ0n) is 7.61. The predicted octanol–water partition coefficient (Wildman–Crippen LogP) is 3.21. The normalized spacial score (nSPS) is 13.4. The van der Waals surface area contributed by atoms with Crippen LogP contribution >= 0.6 is 11.6 Å². The molecule has 0 rings (SSSR count). The fourth-order valence-corrected chi connectivity index (χ4v) is 1.38. The molecule has 0 aromatic carbocycles. The van der Waals surface area contributed by atoms with E-state index < -0.39 is 0 Å². The number of alkyl halides is 1. The summed E-state index contributed by atoms with van der Waals surface area (Å²) in [6, 6.07) is 0. The van der Waals surface area contributed by atoms with Gasteiger partial charge < -0.3 is 4.74 Å². The summed E-state index contributed by atoms with van der Waals surface area (Å²) < 4.78 is 5.20. The van der Waals surface area contributed by atoms with Gasteiger partial charge in [0.25, 0.3) is 0 Å². The standard InChI is InChI=1S/C9H19ClO/c1-3-6-9(10)7-5-8-11-4-2/h9H,3-8H2,1-2H3. The maximum Gasteiger partial charge on any atom is 0.0466 e. The average Bonchev–Trinajstić information content (AvgIpc) is 1.99. The minimum absolute atomic E-state index is 0.362. The Morgan fingerprint density at radius 2 is 2.00 bits per heavy atom. The Hall–Kier alpha value is 0.250. The molecule has 0 aromatic rings. The number of hydrogen-bond donors (Lipinski definition) is 0. The lowest BCUT2D eigenvalue weighted by Crippen LogP contribution is -2.01. The van der Waals surface area contributed by atoms with Crippen LogP contribution in [0, 0.1) is 0 Å². The SMILES string of the molecule is CCCC(Cl)CCCOCC. The van der Waals surface area contributed by atoms with E-state index in [1.165, 1.54) is 6.42 Å². The van der Waals surface area contributed by atoms with E-state index in [4.69, 9.17) is 16.3 Å². The molecule has 1 atom stereocenters. The summed E-state index contributed by atoms with van der Waals surface area (Å²) in [6.07, 6.45) is 4.51. The van der Waals surface area contributed by atoms with E-state index in [0.717, 1.165) is 32.5 Å². The van der Waals surface area contributed by atoms with Gasteiger partial charge in [-0.3, -0.25) is 0 Å². The van der Waals surface area contributed by atoms with Gasteiger partial charge in [0.1, 0.15) is 0 Å². The highest BCUT2D eigenvalue weighted by Gasteiger charge is 2.01. The number of rotatable bonds is 7. The van der Waals surface area contributed by atoms with Crippen molar-refractivity contribution in [1.82, 2.24) is 0 Å². The molecule has 0 saturated heterocycles. The Balaban J connectivity index is 2.97.